The van der Waals surface area contributed by atoms with Crippen LogP contribution >= 0.6 is 0 Å². The zero-order valence-corrected chi connectivity index (χ0v) is 11.6. The van der Waals surface area contributed by atoms with E-state index in [0.29, 0.717) is 25.2 Å². The van der Waals surface area contributed by atoms with Gasteiger partial charge in [0.2, 0.25) is 0 Å². The van der Waals surface area contributed by atoms with Gasteiger partial charge in [-0.1, -0.05) is 6.42 Å². The molecule has 20 heavy (non-hydrogen) atoms. The van der Waals surface area contributed by atoms with E-state index in [9.17, 15) is 14.7 Å². The summed E-state index contributed by atoms with van der Waals surface area (Å²) in [6, 6.07) is 3.21. The first-order chi connectivity index (χ1) is 9.44. The van der Waals surface area contributed by atoms with Crippen LogP contribution in [0.5, 0.6) is 0 Å². The lowest BCUT2D eigenvalue weighted by atomic mass is 9.69. The van der Waals surface area contributed by atoms with Crippen LogP contribution in [0.25, 0.3) is 0 Å². The van der Waals surface area contributed by atoms with Gasteiger partial charge in [0.1, 0.15) is 5.82 Å². The SMILES string of the molecule is CN(C)C(=O)c1ccc(NCC2(C(=O)O)CCC2)nn1. The van der Waals surface area contributed by atoms with Gasteiger partial charge in [0.05, 0.1) is 5.41 Å². The van der Waals surface area contributed by atoms with E-state index in [1.807, 2.05) is 0 Å². The average molecular weight is 278 g/mol. The second kappa shape index (κ2) is 5.44. The summed E-state index contributed by atoms with van der Waals surface area (Å²) in [4.78, 5) is 24.3. The lowest BCUT2D eigenvalue weighted by molar-refractivity contribution is -0.153. The minimum Gasteiger partial charge on any atom is -0.481 e. The molecule has 0 aliphatic heterocycles. The molecule has 2 N–H and O–H groups in total. The number of carboxylic acid groups (broad SMARTS) is 1. The van der Waals surface area contributed by atoms with E-state index >= 15 is 0 Å². The number of amides is 1. The summed E-state index contributed by atoms with van der Waals surface area (Å²) in [7, 11) is 3.28. The highest BCUT2D eigenvalue weighted by Crippen LogP contribution is 2.41. The molecular weight excluding hydrogens is 260 g/mol. The first-order valence-electron chi connectivity index (χ1n) is 6.47. The summed E-state index contributed by atoms with van der Waals surface area (Å²) < 4.78 is 0. The van der Waals surface area contributed by atoms with Gasteiger partial charge < -0.3 is 15.3 Å². The summed E-state index contributed by atoms with van der Waals surface area (Å²) in [5.74, 6) is -0.513. The number of hydrogen-bond acceptors (Lipinski definition) is 5. The van der Waals surface area contributed by atoms with Crippen molar-refractivity contribution in [3.8, 4) is 0 Å². The van der Waals surface area contributed by atoms with Crippen LogP contribution in [-0.2, 0) is 4.79 Å². The lowest BCUT2D eigenvalue weighted by Crippen LogP contribution is -2.43. The Morgan fingerprint density at radius 2 is 2.05 bits per heavy atom. The molecule has 1 aliphatic carbocycles. The number of aliphatic carboxylic acids is 1. The minimum absolute atomic E-state index is 0.218. The lowest BCUT2D eigenvalue weighted by Gasteiger charge is -2.37. The molecular formula is C13H18N4O3. The van der Waals surface area contributed by atoms with E-state index in [1.54, 1.807) is 26.2 Å². The van der Waals surface area contributed by atoms with E-state index in [1.165, 1.54) is 4.90 Å². The fourth-order valence-electron chi connectivity index (χ4n) is 2.10. The van der Waals surface area contributed by atoms with Crippen molar-refractivity contribution in [1.29, 1.82) is 0 Å². The normalized spacial score (nSPS) is 16.1. The van der Waals surface area contributed by atoms with E-state index in [-0.39, 0.29) is 11.6 Å². The Kier molecular flexibility index (Phi) is 3.87. The average Bonchev–Trinajstić information content (AvgIpc) is 2.36. The molecule has 7 heteroatoms. The van der Waals surface area contributed by atoms with Crippen molar-refractivity contribution in [2.45, 2.75) is 19.3 Å². The van der Waals surface area contributed by atoms with Gasteiger partial charge in [0.15, 0.2) is 5.69 Å². The van der Waals surface area contributed by atoms with E-state index in [4.69, 9.17) is 0 Å². The van der Waals surface area contributed by atoms with Gasteiger partial charge in [-0.2, -0.15) is 0 Å². The first kappa shape index (κ1) is 14.2. The van der Waals surface area contributed by atoms with E-state index in [0.717, 1.165) is 6.42 Å². The Labute approximate surface area is 117 Å². The fourth-order valence-corrected chi connectivity index (χ4v) is 2.10. The van der Waals surface area contributed by atoms with Crippen LogP contribution in [0.4, 0.5) is 5.82 Å². The van der Waals surface area contributed by atoms with Crippen molar-refractivity contribution in [2.75, 3.05) is 26.0 Å². The van der Waals surface area contributed by atoms with Crippen LogP contribution in [0.3, 0.4) is 0 Å². The maximum absolute atomic E-state index is 11.6. The van der Waals surface area contributed by atoms with Crippen molar-refractivity contribution in [3.63, 3.8) is 0 Å². The zero-order chi connectivity index (χ0) is 14.8. The molecule has 1 aliphatic rings. The van der Waals surface area contributed by atoms with Crippen molar-refractivity contribution in [1.82, 2.24) is 15.1 Å². The van der Waals surface area contributed by atoms with Gasteiger partial charge >= 0.3 is 5.97 Å². The Morgan fingerprint density at radius 3 is 2.45 bits per heavy atom. The van der Waals surface area contributed by atoms with Crippen molar-refractivity contribution in [3.05, 3.63) is 17.8 Å². The highest BCUT2D eigenvalue weighted by atomic mass is 16.4. The summed E-state index contributed by atoms with van der Waals surface area (Å²) in [6.45, 7) is 0.331. The quantitative estimate of drug-likeness (QED) is 0.829. The molecule has 1 fully saturated rings. The number of carbonyl (C=O) groups excluding carboxylic acids is 1. The van der Waals surface area contributed by atoms with Gasteiger partial charge in [0, 0.05) is 20.6 Å². The molecule has 0 aromatic carbocycles. The Bertz CT molecular complexity index is 509. The van der Waals surface area contributed by atoms with Crippen LogP contribution in [0.15, 0.2) is 12.1 Å². The fraction of sp³-hybridized carbons (Fsp3) is 0.538. The molecule has 1 heterocycles. The molecule has 1 amide bonds. The molecule has 2 rings (SSSR count). The van der Waals surface area contributed by atoms with Gasteiger partial charge in [-0.3, -0.25) is 9.59 Å². The standard InChI is InChI=1S/C13H18N4O3/c1-17(2)11(18)9-4-5-10(16-15-9)14-8-13(12(19)20)6-3-7-13/h4-5H,3,6-8H2,1-2H3,(H,14,16)(H,19,20). The molecule has 0 atom stereocenters. The summed E-state index contributed by atoms with van der Waals surface area (Å²) in [5, 5.41) is 19.9. The predicted molar refractivity (Wildman–Crippen MR) is 72.5 cm³/mol. The first-order valence-corrected chi connectivity index (χ1v) is 6.47. The van der Waals surface area contributed by atoms with Crippen LogP contribution in [0, 0.1) is 5.41 Å². The van der Waals surface area contributed by atoms with E-state index in [2.05, 4.69) is 15.5 Å². The number of nitrogens with one attached hydrogen (secondary N) is 1. The van der Waals surface area contributed by atoms with Crippen LogP contribution in [0.1, 0.15) is 29.8 Å². The molecule has 0 spiro atoms. The third kappa shape index (κ3) is 2.71. The number of aromatic nitrogens is 2. The van der Waals surface area contributed by atoms with Crippen molar-refractivity contribution in [2.24, 2.45) is 5.41 Å². The van der Waals surface area contributed by atoms with Crippen molar-refractivity contribution < 1.29 is 14.7 Å². The van der Waals surface area contributed by atoms with Gasteiger partial charge in [-0.25, -0.2) is 0 Å². The smallest absolute Gasteiger partial charge is 0.311 e. The molecule has 7 nitrogen and oxygen atoms in total. The molecule has 1 aromatic heterocycles. The van der Waals surface area contributed by atoms with Crippen LogP contribution < -0.4 is 5.32 Å². The Hall–Kier alpha value is -2.18. The zero-order valence-electron chi connectivity index (χ0n) is 11.6. The summed E-state index contributed by atoms with van der Waals surface area (Å²) >= 11 is 0. The monoisotopic (exact) mass is 278 g/mol. The number of carbonyl (C=O) groups is 2. The molecule has 108 valence electrons. The van der Waals surface area contributed by atoms with Crippen LogP contribution in [-0.4, -0.2) is 52.7 Å². The summed E-state index contributed by atoms with van der Waals surface area (Å²) in [5.41, 5.74) is -0.420. The third-order valence-electron chi connectivity index (χ3n) is 3.66. The Morgan fingerprint density at radius 1 is 1.35 bits per heavy atom. The number of rotatable bonds is 5. The topological polar surface area (TPSA) is 95.4 Å². The second-order valence-corrected chi connectivity index (χ2v) is 5.30. The number of anilines is 1. The Balaban J connectivity index is 1.98. The minimum atomic E-state index is -0.774. The highest BCUT2D eigenvalue weighted by Gasteiger charge is 2.44. The van der Waals surface area contributed by atoms with Gasteiger partial charge in [-0.05, 0) is 25.0 Å². The van der Waals surface area contributed by atoms with Gasteiger partial charge in [-0.15, -0.1) is 10.2 Å². The van der Waals surface area contributed by atoms with Gasteiger partial charge in [0.25, 0.3) is 5.91 Å². The third-order valence-corrected chi connectivity index (χ3v) is 3.66. The maximum atomic E-state index is 11.6. The molecule has 1 saturated carbocycles. The second-order valence-electron chi connectivity index (χ2n) is 5.30. The predicted octanol–water partition coefficient (Wildman–Crippen LogP) is 0.845. The number of nitrogens with zero attached hydrogens (tertiary/aromatic N) is 3. The van der Waals surface area contributed by atoms with Crippen LogP contribution in [0.2, 0.25) is 0 Å². The molecule has 0 bridgehead atoms. The highest BCUT2D eigenvalue weighted by molar-refractivity contribution is 5.91. The number of hydrogen-bond donors (Lipinski definition) is 2. The molecule has 1 aromatic rings. The maximum Gasteiger partial charge on any atom is 0.311 e. The number of carboxylic acids is 1. The van der Waals surface area contributed by atoms with Crippen molar-refractivity contribution >= 4 is 17.7 Å². The molecule has 0 radical (unpaired) electrons. The van der Waals surface area contributed by atoms with E-state index < -0.39 is 11.4 Å². The summed E-state index contributed by atoms with van der Waals surface area (Å²) in [6.07, 6.45) is 2.30. The molecule has 0 unspecified atom stereocenters. The largest absolute Gasteiger partial charge is 0.481 e. The molecule has 0 saturated heterocycles.